The van der Waals surface area contributed by atoms with Gasteiger partial charge in [-0.15, -0.1) is 0 Å². The number of para-hydroxylation sites is 1. The first-order valence-corrected chi connectivity index (χ1v) is 19.1. The van der Waals surface area contributed by atoms with Crippen LogP contribution >= 0.6 is 20.3 Å². The van der Waals surface area contributed by atoms with Gasteiger partial charge in [0, 0.05) is 30.9 Å². The van der Waals surface area contributed by atoms with Gasteiger partial charge in [0.1, 0.15) is 24.3 Å². The predicted octanol–water partition coefficient (Wildman–Crippen LogP) is 5.85. The largest absolute Gasteiger partial charge is 0.484 e. The Balaban J connectivity index is 1.46. The van der Waals surface area contributed by atoms with E-state index in [9.17, 15) is 9.59 Å². The number of carbonyl (C=O) groups excluding carboxylic acids is 2. The summed E-state index contributed by atoms with van der Waals surface area (Å²) in [7, 11) is 0.0836. The number of rotatable bonds is 20. The van der Waals surface area contributed by atoms with Crippen molar-refractivity contribution in [2.45, 2.75) is 91.5 Å². The highest BCUT2D eigenvalue weighted by molar-refractivity contribution is 8.13. The summed E-state index contributed by atoms with van der Waals surface area (Å²) in [6, 6.07) is 9.38. The molecule has 3 aromatic rings. The molecule has 16 heteroatoms. The van der Waals surface area contributed by atoms with E-state index < -0.39 is 27.0 Å². The molecule has 2 aromatic heterocycles. The first-order valence-electron chi connectivity index (χ1n) is 17.0. The summed E-state index contributed by atoms with van der Waals surface area (Å²) in [5.41, 5.74) is 0.872. The van der Waals surface area contributed by atoms with Crippen LogP contribution in [0, 0.1) is 5.92 Å². The topological polar surface area (TPSA) is 148 Å². The molecule has 3 heterocycles. The molecule has 50 heavy (non-hydrogen) atoms. The lowest BCUT2D eigenvalue weighted by Crippen LogP contribution is -2.39. The summed E-state index contributed by atoms with van der Waals surface area (Å²) >= 11 is 1.29. The molecule has 1 N–H and O–H groups in total. The standard InChI is InChI=1S/C34H51N6O8PS/c1-9-26-29(48-49(40(23(4)5)24(6)7)46-16-15-44-17-18-50-34(42)22(2)3)30(43-8)33(47-26)39-21-37-28-31(35-20-36-32(28)39)38-27(41)19-45-25-13-11-10-12-14-25/h10-14,20-24,26,29-30,33H,9,15-19H2,1-8H3,(H,35,36,38,41)/t26-,29?,30+,33-,49?/m1/s1. The molecule has 0 radical (unpaired) electrons. The molecule has 1 aliphatic heterocycles. The molecule has 1 aromatic carbocycles. The number of anilines is 1. The van der Waals surface area contributed by atoms with E-state index in [1.807, 2.05) is 39.0 Å². The Labute approximate surface area is 300 Å². The monoisotopic (exact) mass is 734 g/mol. The molecular formula is C34H51N6O8PS. The summed E-state index contributed by atoms with van der Waals surface area (Å²) in [4.78, 5) is 37.9. The molecule has 1 fully saturated rings. The third kappa shape index (κ3) is 10.6. The average Bonchev–Trinajstić information content (AvgIpc) is 3.68. The maximum absolute atomic E-state index is 12.7. The summed E-state index contributed by atoms with van der Waals surface area (Å²) in [5, 5.41) is 2.95. The molecule has 276 valence electrons. The Kier molecular flexibility index (Phi) is 15.8. The van der Waals surface area contributed by atoms with Gasteiger partial charge in [-0.2, -0.15) is 0 Å². The number of amides is 1. The number of hydrogen-bond acceptors (Lipinski definition) is 13. The molecule has 1 amide bonds. The smallest absolute Gasteiger partial charge is 0.263 e. The van der Waals surface area contributed by atoms with Crippen molar-refractivity contribution in [3.8, 4) is 5.75 Å². The summed E-state index contributed by atoms with van der Waals surface area (Å²) < 4.78 is 41.3. The van der Waals surface area contributed by atoms with Gasteiger partial charge in [-0.05, 0) is 46.2 Å². The molecule has 1 aliphatic rings. The highest BCUT2D eigenvalue weighted by atomic mass is 32.2. The van der Waals surface area contributed by atoms with Crippen LogP contribution in [-0.2, 0) is 32.8 Å². The van der Waals surface area contributed by atoms with E-state index in [0.717, 1.165) is 0 Å². The summed E-state index contributed by atoms with van der Waals surface area (Å²) in [6.07, 6.45) is 1.68. The van der Waals surface area contributed by atoms with Crippen LogP contribution in [0.15, 0.2) is 43.0 Å². The van der Waals surface area contributed by atoms with Crippen LogP contribution in [0.25, 0.3) is 11.2 Å². The molecule has 0 saturated carbocycles. The van der Waals surface area contributed by atoms with Crippen LogP contribution in [0.2, 0.25) is 0 Å². The Morgan fingerprint density at radius 3 is 2.42 bits per heavy atom. The second-order valence-corrected chi connectivity index (χ2v) is 15.0. The van der Waals surface area contributed by atoms with Crippen LogP contribution in [0.4, 0.5) is 5.82 Å². The van der Waals surface area contributed by atoms with Gasteiger partial charge in [0.2, 0.25) is 0 Å². The zero-order valence-electron chi connectivity index (χ0n) is 30.2. The number of benzene rings is 1. The van der Waals surface area contributed by atoms with E-state index in [2.05, 4.69) is 52.6 Å². The molecule has 1 saturated heterocycles. The van der Waals surface area contributed by atoms with Crippen LogP contribution in [0.1, 0.15) is 61.1 Å². The fourth-order valence-corrected chi connectivity index (χ4v) is 7.96. The number of imidazole rings is 1. The predicted molar refractivity (Wildman–Crippen MR) is 194 cm³/mol. The molecule has 14 nitrogen and oxygen atoms in total. The van der Waals surface area contributed by atoms with Gasteiger partial charge in [-0.25, -0.2) is 19.6 Å². The van der Waals surface area contributed by atoms with E-state index in [4.69, 9.17) is 28.0 Å². The number of carbonyl (C=O) groups is 2. The molecular weight excluding hydrogens is 683 g/mol. The SMILES string of the molecule is CC[C@H]1O[C@@H](n2cnc3c(NC(=O)COc4ccccc4)ncnc32)[C@@H](OC)C1OP(OCCOCCSC(=O)C(C)C)N(C(C)C)C(C)C. The molecule has 0 bridgehead atoms. The summed E-state index contributed by atoms with van der Waals surface area (Å²) in [5.74, 6) is 1.07. The normalized spacial score (nSPS) is 20.0. The van der Waals surface area contributed by atoms with Gasteiger partial charge in [0.25, 0.3) is 14.4 Å². The van der Waals surface area contributed by atoms with Crippen molar-refractivity contribution < 1.29 is 37.6 Å². The number of hydrogen-bond donors (Lipinski definition) is 1. The number of nitrogens with one attached hydrogen (secondary N) is 1. The zero-order valence-corrected chi connectivity index (χ0v) is 31.9. The Morgan fingerprint density at radius 1 is 1.02 bits per heavy atom. The van der Waals surface area contributed by atoms with Crippen molar-refractivity contribution in [2.24, 2.45) is 5.92 Å². The van der Waals surface area contributed by atoms with Crippen molar-refractivity contribution >= 4 is 48.3 Å². The second-order valence-electron chi connectivity index (χ2n) is 12.5. The lowest BCUT2D eigenvalue weighted by molar-refractivity contribution is -0.118. The molecule has 0 aliphatic carbocycles. The second kappa shape index (κ2) is 19.7. The van der Waals surface area contributed by atoms with E-state index in [1.54, 1.807) is 30.1 Å². The van der Waals surface area contributed by atoms with Crippen molar-refractivity contribution in [3.05, 3.63) is 43.0 Å². The lowest BCUT2D eigenvalue weighted by atomic mass is 10.1. The van der Waals surface area contributed by atoms with Crippen molar-refractivity contribution in [1.29, 1.82) is 0 Å². The molecule has 2 unspecified atom stereocenters. The maximum Gasteiger partial charge on any atom is 0.263 e. The maximum atomic E-state index is 12.7. The highest BCUT2D eigenvalue weighted by Gasteiger charge is 2.49. The summed E-state index contributed by atoms with van der Waals surface area (Å²) in [6.45, 7) is 15.2. The number of methoxy groups -OCH3 is 1. The minimum atomic E-state index is -1.54. The number of nitrogens with zero attached hydrogens (tertiary/aromatic N) is 5. The Bertz CT molecular complexity index is 1490. The van der Waals surface area contributed by atoms with Crippen LogP contribution in [-0.4, -0.2) is 105 Å². The van der Waals surface area contributed by atoms with Crippen LogP contribution in [0.5, 0.6) is 5.75 Å². The molecule has 5 atom stereocenters. The van der Waals surface area contributed by atoms with Crippen LogP contribution in [0.3, 0.4) is 0 Å². The van der Waals surface area contributed by atoms with Crippen LogP contribution < -0.4 is 10.1 Å². The quantitative estimate of drug-likeness (QED) is 0.109. The van der Waals surface area contributed by atoms with Gasteiger partial charge in [0.15, 0.2) is 34.9 Å². The number of ether oxygens (including phenoxy) is 4. The highest BCUT2D eigenvalue weighted by Crippen LogP contribution is 2.50. The fraction of sp³-hybridized carbons (Fsp3) is 0.618. The molecule has 4 rings (SSSR count). The van der Waals surface area contributed by atoms with Crippen molar-refractivity contribution in [3.63, 3.8) is 0 Å². The Morgan fingerprint density at radius 2 is 1.76 bits per heavy atom. The van der Waals surface area contributed by atoms with E-state index >= 15 is 0 Å². The average molecular weight is 735 g/mol. The van der Waals surface area contributed by atoms with Gasteiger partial charge >= 0.3 is 0 Å². The van der Waals surface area contributed by atoms with E-state index in [1.165, 1.54) is 18.1 Å². The fourth-order valence-electron chi connectivity index (χ4n) is 5.48. The van der Waals surface area contributed by atoms with Gasteiger partial charge < -0.3 is 33.3 Å². The first-order chi connectivity index (χ1) is 24.0. The minimum Gasteiger partial charge on any atom is -0.484 e. The van der Waals surface area contributed by atoms with Gasteiger partial charge in [-0.3, -0.25) is 14.2 Å². The third-order valence-corrected chi connectivity index (χ3v) is 11.1. The van der Waals surface area contributed by atoms with Crippen molar-refractivity contribution in [1.82, 2.24) is 24.2 Å². The number of thioether (sulfide) groups is 1. The number of aromatic nitrogens is 4. The third-order valence-electron chi connectivity index (χ3n) is 7.80. The number of fused-ring (bicyclic) bond motifs is 1. The van der Waals surface area contributed by atoms with Gasteiger partial charge in [-0.1, -0.05) is 50.7 Å². The van der Waals surface area contributed by atoms with Crippen molar-refractivity contribution in [2.75, 3.05) is 44.6 Å². The molecule has 0 spiro atoms. The van der Waals surface area contributed by atoms with E-state index in [0.29, 0.717) is 48.9 Å². The zero-order chi connectivity index (χ0) is 36.2. The van der Waals surface area contributed by atoms with E-state index in [-0.39, 0.29) is 47.6 Å². The Hall–Kier alpha value is -2.75. The van der Waals surface area contributed by atoms with Gasteiger partial charge in [0.05, 0.1) is 32.3 Å². The lowest BCUT2D eigenvalue weighted by Gasteiger charge is -2.38. The first kappa shape index (κ1) is 40.0. The minimum absolute atomic E-state index is 0.000877.